The molecule has 2 amide bonds. The first-order valence-electron chi connectivity index (χ1n) is 6.74. The number of carbonyl (C=O) groups is 2. The van der Waals surface area contributed by atoms with Crippen LogP contribution in [0, 0.1) is 0 Å². The molecule has 1 unspecified atom stereocenters. The summed E-state index contributed by atoms with van der Waals surface area (Å²) in [7, 11) is 0. The first kappa shape index (κ1) is 15.9. The van der Waals surface area contributed by atoms with Gasteiger partial charge >= 0.3 is 0 Å². The molecule has 0 spiro atoms. The number of nitrogens with one attached hydrogen (secondary N) is 1. The Labute approximate surface area is 133 Å². The van der Waals surface area contributed by atoms with E-state index in [1.165, 1.54) is 12.1 Å². The van der Waals surface area contributed by atoms with E-state index in [1.807, 2.05) is 0 Å². The second-order valence-corrected chi connectivity index (χ2v) is 5.87. The van der Waals surface area contributed by atoms with Gasteiger partial charge in [0.05, 0.1) is 15.7 Å². The number of benzene rings is 1. The number of hydrogen-bond acceptors (Lipinski definition) is 3. The van der Waals surface area contributed by atoms with E-state index < -0.39 is 11.9 Å². The molecule has 5 nitrogen and oxygen atoms in total. The number of halogens is 2. The molecule has 21 heavy (non-hydrogen) atoms. The molecule has 0 radical (unpaired) electrons. The lowest BCUT2D eigenvalue weighted by atomic mass is 10.1. The Balaban J connectivity index is 2.05. The van der Waals surface area contributed by atoms with E-state index in [0.29, 0.717) is 0 Å². The summed E-state index contributed by atoms with van der Waals surface area (Å²) in [6.07, 6.45) is 2.02. The second-order valence-electron chi connectivity index (χ2n) is 5.09. The number of amides is 2. The molecule has 7 heteroatoms. The van der Waals surface area contributed by atoms with Gasteiger partial charge in [0.1, 0.15) is 6.04 Å². The van der Waals surface area contributed by atoms with Crippen LogP contribution in [0.15, 0.2) is 12.1 Å². The highest BCUT2D eigenvalue weighted by Crippen LogP contribution is 2.29. The first-order chi connectivity index (χ1) is 9.90. The number of carbonyl (C=O) groups excluding carboxylic acids is 2. The molecule has 1 heterocycles. The fraction of sp³-hybridized carbons (Fsp3) is 0.429. The second kappa shape index (κ2) is 6.54. The third kappa shape index (κ3) is 3.60. The molecular formula is C14H17Cl2N3O2. The van der Waals surface area contributed by atoms with Gasteiger partial charge in [-0.2, -0.15) is 0 Å². The van der Waals surface area contributed by atoms with Crippen molar-refractivity contribution >= 4 is 40.7 Å². The van der Waals surface area contributed by atoms with Crippen molar-refractivity contribution in [1.29, 1.82) is 0 Å². The van der Waals surface area contributed by atoms with Crippen LogP contribution in [-0.2, 0) is 4.79 Å². The maximum absolute atomic E-state index is 12.2. The minimum Gasteiger partial charge on any atom is -0.397 e. The predicted octanol–water partition coefficient (Wildman–Crippen LogP) is 2.32. The monoisotopic (exact) mass is 329 g/mol. The lowest BCUT2D eigenvalue weighted by Gasteiger charge is -2.21. The summed E-state index contributed by atoms with van der Waals surface area (Å²) in [5.74, 6) is -0.478. The molecule has 0 bridgehead atoms. The summed E-state index contributed by atoms with van der Waals surface area (Å²) < 4.78 is 0. The average Bonchev–Trinajstić information content (AvgIpc) is 2.97. The SMILES string of the molecule is CC(NC(=O)c1cc(N)c(Cl)c(Cl)c1)C(=O)N1CCCC1. The average molecular weight is 330 g/mol. The maximum Gasteiger partial charge on any atom is 0.252 e. The zero-order valence-electron chi connectivity index (χ0n) is 11.7. The van der Waals surface area contributed by atoms with Gasteiger partial charge in [-0.1, -0.05) is 23.2 Å². The Hall–Kier alpha value is -1.46. The number of rotatable bonds is 3. The van der Waals surface area contributed by atoms with Crippen LogP contribution in [0.4, 0.5) is 5.69 Å². The minimum atomic E-state index is -0.591. The van der Waals surface area contributed by atoms with Crippen molar-refractivity contribution in [2.24, 2.45) is 0 Å². The van der Waals surface area contributed by atoms with E-state index in [0.717, 1.165) is 25.9 Å². The van der Waals surface area contributed by atoms with Gasteiger partial charge in [0, 0.05) is 18.7 Å². The van der Waals surface area contributed by atoms with E-state index in [-0.39, 0.29) is 27.2 Å². The van der Waals surface area contributed by atoms with Crippen LogP contribution >= 0.6 is 23.2 Å². The maximum atomic E-state index is 12.2. The summed E-state index contributed by atoms with van der Waals surface area (Å²) in [4.78, 5) is 26.0. The minimum absolute atomic E-state index is 0.0751. The van der Waals surface area contributed by atoms with Gasteiger partial charge in [-0.15, -0.1) is 0 Å². The zero-order valence-corrected chi connectivity index (χ0v) is 13.2. The topological polar surface area (TPSA) is 75.4 Å². The highest BCUT2D eigenvalue weighted by molar-refractivity contribution is 6.43. The smallest absolute Gasteiger partial charge is 0.252 e. The Morgan fingerprint density at radius 2 is 1.90 bits per heavy atom. The molecule has 0 aliphatic carbocycles. The molecule has 2 rings (SSSR count). The molecule has 1 saturated heterocycles. The van der Waals surface area contributed by atoms with Gasteiger partial charge in [0.15, 0.2) is 0 Å². The van der Waals surface area contributed by atoms with Crippen LogP contribution in [0.5, 0.6) is 0 Å². The molecule has 0 aromatic heterocycles. The third-order valence-corrected chi connectivity index (χ3v) is 4.27. The number of anilines is 1. The van der Waals surface area contributed by atoms with Gasteiger partial charge in [-0.05, 0) is 31.9 Å². The molecule has 1 aliphatic heterocycles. The summed E-state index contributed by atoms with van der Waals surface area (Å²) in [6, 6.07) is 2.28. The quantitative estimate of drug-likeness (QED) is 0.835. The van der Waals surface area contributed by atoms with Crippen molar-refractivity contribution in [3.8, 4) is 0 Å². The van der Waals surface area contributed by atoms with Crippen LogP contribution in [-0.4, -0.2) is 35.8 Å². The van der Waals surface area contributed by atoms with E-state index in [2.05, 4.69) is 5.32 Å². The van der Waals surface area contributed by atoms with Crippen LogP contribution in [0.3, 0.4) is 0 Å². The summed E-state index contributed by atoms with van der Waals surface area (Å²) in [5, 5.41) is 3.09. The van der Waals surface area contributed by atoms with Gasteiger partial charge in [-0.3, -0.25) is 9.59 Å². The number of nitrogens with two attached hydrogens (primary N) is 1. The highest BCUT2D eigenvalue weighted by atomic mass is 35.5. The van der Waals surface area contributed by atoms with Gasteiger partial charge in [0.25, 0.3) is 5.91 Å². The molecule has 1 aromatic carbocycles. The van der Waals surface area contributed by atoms with Crippen LogP contribution in [0.25, 0.3) is 0 Å². The molecule has 3 N–H and O–H groups in total. The summed E-state index contributed by atoms with van der Waals surface area (Å²) in [6.45, 7) is 3.16. The molecule has 1 atom stereocenters. The number of likely N-dealkylation sites (tertiary alicyclic amines) is 1. The first-order valence-corrected chi connectivity index (χ1v) is 7.50. The van der Waals surface area contributed by atoms with E-state index >= 15 is 0 Å². The molecule has 114 valence electrons. The van der Waals surface area contributed by atoms with E-state index in [1.54, 1.807) is 11.8 Å². The lowest BCUT2D eigenvalue weighted by molar-refractivity contribution is -0.131. The molecule has 1 fully saturated rings. The fourth-order valence-corrected chi connectivity index (χ4v) is 2.63. The van der Waals surface area contributed by atoms with Crippen molar-refractivity contribution in [3.63, 3.8) is 0 Å². The molecule has 1 aromatic rings. The Morgan fingerprint density at radius 1 is 1.29 bits per heavy atom. The number of hydrogen-bond donors (Lipinski definition) is 2. The lowest BCUT2D eigenvalue weighted by Crippen LogP contribution is -2.45. The number of nitrogens with zero attached hydrogens (tertiary/aromatic N) is 1. The van der Waals surface area contributed by atoms with E-state index in [4.69, 9.17) is 28.9 Å². The van der Waals surface area contributed by atoms with Crippen LogP contribution in [0.2, 0.25) is 10.0 Å². The Bertz CT molecular complexity index is 548. The van der Waals surface area contributed by atoms with Crippen molar-refractivity contribution in [2.75, 3.05) is 18.8 Å². The Kier molecular flexibility index (Phi) is 4.96. The van der Waals surface area contributed by atoms with Crippen molar-refractivity contribution < 1.29 is 9.59 Å². The van der Waals surface area contributed by atoms with Gasteiger partial charge < -0.3 is 16.0 Å². The normalized spacial score (nSPS) is 15.9. The summed E-state index contributed by atoms with van der Waals surface area (Å²) >= 11 is 11.7. The fourth-order valence-electron chi connectivity index (χ4n) is 2.29. The standard InChI is InChI=1S/C14H17Cl2N3O2/c1-8(14(21)19-4-2-3-5-19)18-13(20)9-6-10(15)12(16)11(17)7-9/h6-8H,2-5,17H2,1H3,(H,18,20). The Morgan fingerprint density at radius 3 is 2.48 bits per heavy atom. The molecule has 1 aliphatic rings. The third-order valence-electron chi connectivity index (χ3n) is 3.45. The van der Waals surface area contributed by atoms with E-state index in [9.17, 15) is 9.59 Å². The summed E-state index contributed by atoms with van der Waals surface area (Å²) in [5.41, 5.74) is 6.19. The van der Waals surface area contributed by atoms with Gasteiger partial charge in [0.2, 0.25) is 5.91 Å². The predicted molar refractivity (Wildman–Crippen MR) is 83.6 cm³/mol. The molecule has 0 saturated carbocycles. The highest BCUT2D eigenvalue weighted by Gasteiger charge is 2.25. The van der Waals surface area contributed by atoms with Crippen LogP contribution in [0.1, 0.15) is 30.1 Å². The molecular weight excluding hydrogens is 313 g/mol. The largest absolute Gasteiger partial charge is 0.397 e. The van der Waals surface area contributed by atoms with Crippen LogP contribution < -0.4 is 11.1 Å². The van der Waals surface area contributed by atoms with Crippen molar-refractivity contribution in [3.05, 3.63) is 27.7 Å². The van der Waals surface area contributed by atoms with Crippen molar-refractivity contribution in [1.82, 2.24) is 10.2 Å². The van der Waals surface area contributed by atoms with Crippen molar-refractivity contribution in [2.45, 2.75) is 25.8 Å². The zero-order chi connectivity index (χ0) is 15.6. The van der Waals surface area contributed by atoms with Gasteiger partial charge in [-0.25, -0.2) is 0 Å². The number of nitrogen functional groups attached to an aromatic ring is 1.